The van der Waals surface area contributed by atoms with E-state index in [2.05, 4.69) is 4.98 Å². The Kier molecular flexibility index (Phi) is 4.89. The fraction of sp³-hybridized carbons (Fsp3) is 0.412. The first-order valence-electron chi connectivity index (χ1n) is 8.28. The highest BCUT2D eigenvalue weighted by Gasteiger charge is 2.32. The molecule has 0 amide bonds. The zero-order valence-electron chi connectivity index (χ0n) is 15.0. The molecule has 11 heteroatoms. The van der Waals surface area contributed by atoms with E-state index in [1.54, 1.807) is 4.90 Å². The van der Waals surface area contributed by atoms with Gasteiger partial charge in [0.1, 0.15) is 18.0 Å². The molecule has 0 saturated carbocycles. The zero-order valence-corrected chi connectivity index (χ0v) is 15.0. The third-order valence-corrected chi connectivity index (χ3v) is 4.54. The van der Waals surface area contributed by atoms with Crippen LogP contribution in [0.1, 0.15) is 17.5 Å². The number of hydrogen-bond donors (Lipinski definition) is 0. The van der Waals surface area contributed by atoms with Crippen LogP contribution in [0.3, 0.4) is 0 Å². The predicted octanol–water partition coefficient (Wildman–Crippen LogP) is 1.03. The van der Waals surface area contributed by atoms with Crippen LogP contribution in [0.4, 0.5) is 19.0 Å². The Morgan fingerprint density at radius 2 is 1.96 bits per heavy atom. The maximum atomic E-state index is 12.6. The molecule has 0 radical (unpaired) electrons. The fourth-order valence-corrected chi connectivity index (χ4v) is 3.11. The average Bonchev–Trinajstić information content (AvgIpc) is 3.10. The highest BCUT2D eigenvalue weighted by Crippen LogP contribution is 2.30. The monoisotopic (exact) mass is 395 g/mol. The SMILES string of the molecule is Cn1c(N2CCC(Oc3ccc(C(F)(F)F)cn3)C2)c(C#N)c(=O)n(C)c1=O. The van der Waals surface area contributed by atoms with E-state index >= 15 is 0 Å². The smallest absolute Gasteiger partial charge is 0.417 e. The summed E-state index contributed by atoms with van der Waals surface area (Å²) in [5, 5.41) is 9.35. The van der Waals surface area contributed by atoms with Crippen LogP contribution in [-0.2, 0) is 20.3 Å². The second-order valence-electron chi connectivity index (χ2n) is 6.37. The summed E-state index contributed by atoms with van der Waals surface area (Å²) in [6.45, 7) is 0.651. The summed E-state index contributed by atoms with van der Waals surface area (Å²) in [5.74, 6) is 0.236. The number of anilines is 1. The maximum Gasteiger partial charge on any atom is 0.417 e. The molecule has 3 heterocycles. The van der Waals surface area contributed by atoms with Gasteiger partial charge in [0.15, 0.2) is 5.56 Å². The molecule has 2 aromatic heterocycles. The molecule has 0 bridgehead atoms. The minimum atomic E-state index is -4.48. The van der Waals surface area contributed by atoms with E-state index in [1.807, 2.05) is 6.07 Å². The van der Waals surface area contributed by atoms with Crippen LogP contribution in [-0.4, -0.2) is 33.3 Å². The number of alkyl halides is 3. The van der Waals surface area contributed by atoms with Crippen molar-refractivity contribution in [2.24, 2.45) is 14.1 Å². The van der Waals surface area contributed by atoms with Crippen molar-refractivity contribution >= 4 is 5.82 Å². The van der Waals surface area contributed by atoms with Gasteiger partial charge in [-0.05, 0) is 6.07 Å². The van der Waals surface area contributed by atoms with Crippen molar-refractivity contribution < 1.29 is 17.9 Å². The van der Waals surface area contributed by atoms with E-state index in [0.29, 0.717) is 19.2 Å². The molecule has 0 aromatic carbocycles. The van der Waals surface area contributed by atoms with Gasteiger partial charge in [-0.2, -0.15) is 18.4 Å². The number of rotatable bonds is 3. The first-order chi connectivity index (χ1) is 13.1. The minimum absolute atomic E-state index is 0.0400. The zero-order chi connectivity index (χ0) is 20.6. The van der Waals surface area contributed by atoms with E-state index in [4.69, 9.17) is 4.74 Å². The van der Waals surface area contributed by atoms with Crippen molar-refractivity contribution in [1.82, 2.24) is 14.1 Å². The van der Waals surface area contributed by atoms with Crippen molar-refractivity contribution in [3.8, 4) is 11.9 Å². The molecule has 1 aliphatic heterocycles. The summed E-state index contributed by atoms with van der Waals surface area (Å²) in [6.07, 6.45) is -3.72. The van der Waals surface area contributed by atoms with Gasteiger partial charge < -0.3 is 9.64 Å². The second-order valence-corrected chi connectivity index (χ2v) is 6.37. The molecule has 1 fully saturated rings. The van der Waals surface area contributed by atoms with Crippen LogP contribution in [0.25, 0.3) is 0 Å². The lowest BCUT2D eigenvalue weighted by Gasteiger charge is -2.22. The molecule has 1 atom stereocenters. The fourth-order valence-electron chi connectivity index (χ4n) is 3.11. The summed E-state index contributed by atoms with van der Waals surface area (Å²) in [7, 11) is 2.75. The molecule has 8 nitrogen and oxygen atoms in total. The van der Waals surface area contributed by atoms with Gasteiger partial charge in [0.25, 0.3) is 5.56 Å². The predicted molar refractivity (Wildman–Crippen MR) is 92.1 cm³/mol. The van der Waals surface area contributed by atoms with Gasteiger partial charge in [-0.1, -0.05) is 0 Å². The molecule has 148 valence electrons. The van der Waals surface area contributed by atoms with E-state index < -0.39 is 29.1 Å². The van der Waals surface area contributed by atoms with Crippen molar-refractivity contribution in [1.29, 1.82) is 5.26 Å². The van der Waals surface area contributed by atoms with Crippen LogP contribution in [0.2, 0.25) is 0 Å². The Labute approximate surface area is 157 Å². The Hall–Kier alpha value is -3.29. The highest BCUT2D eigenvalue weighted by molar-refractivity contribution is 5.54. The van der Waals surface area contributed by atoms with Crippen LogP contribution >= 0.6 is 0 Å². The lowest BCUT2D eigenvalue weighted by molar-refractivity contribution is -0.137. The number of aromatic nitrogens is 3. The van der Waals surface area contributed by atoms with Crippen LogP contribution < -0.4 is 20.9 Å². The molecule has 1 unspecified atom stereocenters. The Bertz CT molecular complexity index is 1050. The van der Waals surface area contributed by atoms with E-state index in [9.17, 15) is 28.0 Å². The van der Waals surface area contributed by atoms with Gasteiger partial charge in [0.2, 0.25) is 5.88 Å². The minimum Gasteiger partial charge on any atom is -0.472 e. The maximum absolute atomic E-state index is 12.6. The van der Waals surface area contributed by atoms with Crippen molar-refractivity contribution in [2.45, 2.75) is 18.7 Å². The van der Waals surface area contributed by atoms with Crippen molar-refractivity contribution in [2.75, 3.05) is 18.0 Å². The topological polar surface area (TPSA) is 93.2 Å². The number of pyridine rings is 1. The number of hydrogen-bond acceptors (Lipinski definition) is 6. The second kappa shape index (κ2) is 7.03. The van der Waals surface area contributed by atoms with E-state index in [1.165, 1.54) is 18.7 Å². The van der Waals surface area contributed by atoms with Crippen LogP contribution in [0.15, 0.2) is 27.9 Å². The van der Waals surface area contributed by atoms with Gasteiger partial charge in [0, 0.05) is 39.3 Å². The van der Waals surface area contributed by atoms with Gasteiger partial charge in [-0.25, -0.2) is 9.78 Å². The quantitative estimate of drug-likeness (QED) is 0.771. The number of halogens is 3. The van der Waals surface area contributed by atoms with Crippen LogP contribution in [0, 0.1) is 11.3 Å². The lowest BCUT2D eigenvalue weighted by atomic mass is 10.3. The summed E-state index contributed by atoms with van der Waals surface area (Å²) in [4.78, 5) is 29.7. The van der Waals surface area contributed by atoms with Crippen molar-refractivity contribution in [3.63, 3.8) is 0 Å². The number of nitrogens with zero attached hydrogens (tertiary/aromatic N) is 5. The molecule has 1 saturated heterocycles. The molecule has 0 N–H and O–H groups in total. The lowest BCUT2D eigenvalue weighted by Crippen LogP contribution is -2.42. The molecule has 2 aromatic rings. The molecule has 3 rings (SSSR count). The van der Waals surface area contributed by atoms with E-state index in [-0.39, 0.29) is 23.8 Å². The highest BCUT2D eigenvalue weighted by atomic mass is 19.4. The summed E-state index contributed by atoms with van der Waals surface area (Å²) >= 11 is 0. The largest absolute Gasteiger partial charge is 0.472 e. The molecule has 1 aliphatic rings. The third-order valence-electron chi connectivity index (χ3n) is 4.54. The van der Waals surface area contributed by atoms with Gasteiger partial charge in [-0.15, -0.1) is 0 Å². The summed E-state index contributed by atoms with van der Waals surface area (Å²) < 4.78 is 45.5. The molecular weight excluding hydrogens is 379 g/mol. The van der Waals surface area contributed by atoms with Crippen LogP contribution in [0.5, 0.6) is 5.88 Å². The standard InChI is InChI=1S/C17H16F3N5O3/c1-23-14(12(7-21)15(26)24(2)16(23)27)25-6-5-11(9-25)28-13-4-3-10(8-22-13)17(18,19)20/h3-4,8,11H,5-6,9H2,1-2H3. The molecular formula is C17H16F3N5O3. The first-order valence-corrected chi connectivity index (χ1v) is 8.28. The Balaban J connectivity index is 1.81. The third kappa shape index (κ3) is 3.45. The van der Waals surface area contributed by atoms with Gasteiger partial charge in [0.05, 0.1) is 12.1 Å². The Morgan fingerprint density at radius 1 is 1.25 bits per heavy atom. The van der Waals surface area contributed by atoms with Crippen molar-refractivity contribution in [3.05, 3.63) is 50.3 Å². The van der Waals surface area contributed by atoms with E-state index in [0.717, 1.165) is 16.7 Å². The summed E-state index contributed by atoms with van der Waals surface area (Å²) in [5.41, 5.74) is -2.28. The number of ether oxygens (including phenoxy) is 1. The Morgan fingerprint density at radius 3 is 2.54 bits per heavy atom. The van der Waals surface area contributed by atoms with Gasteiger partial charge >= 0.3 is 11.9 Å². The summed E-state index contributed by atoms with van der Waals surface area (Å²) in [6, 6.07) is 3.86. The molecule has 0 spiro atoms. The normalized spacial score (nSPS) is 16.9. The molecule has 28 heavy (non-hydrogen) atoms. The number of nitriles is 1. The first kappa shape index (κ1) is 19.5. The van der Waals surface area contributed by atoms with Gasteiger partial charge in [-0.3, -0.25) is 13.9 Å². The average molecular weight is 395 g/mol. The molecule has 0 aliphatic carbocycles.